The minimum Gasteiger partial charge on any atom is -0.392 e. The Morgan fingerprint density at radius 2 is 2.14 bits per heavy atom. The van der Waals surface area contributed by atoms with E-state index in [-0.39, 0.29) is 6.10 Å². The summed E-state index contributed by atoms with van der Waals surface area (Å²) in [6, 6.07) is 0.730. The van der Waals surface area contributed by atoms with E-state index < -0.39 is 0 Å². The second-order valence-electron chi connectivity index (χ2n) is 4.65. The van der Waals surface area contributed by atoms with Crippen LogP contribution in [0.4, 0.5) is 0 Å². The Balaban J connectivity index is 2.35. The Labute approximate surface area is 88.3 Å². The molecule has 1 rings (SSSR count). The zero-order valence-corrected chi connectivity index (χ0v) is 9.87. The molecule has 0 aromatic heterocycles. The van der Waals surface area contributed by atoms with Crippen molar-refractivity contribution < 1.29 is 5.11 Å². The molecule has 0 aliphatic carbocycles. The van der Waals surface area contributed by atoms with Gasteiger partial charge >= 0.3 is 0 Å². The van der Waals surface area contributed by atoms with E-state index in [1.807, 2.05) is 0 Å². The Bertz CT molecular complexity index is 160. The van der Waals surface area contributed by atoms with E-state index in [2.05, 4.69) is 25.7 Å². The molecule has 0 radical (unpaired) electrons. The maximum Gasteiger partial charge on any atom is 0.0692 e. The number of aliphatic hydroxyl groups excluding tert-OH is 1. The molecule has 1 heterocycles. The number of aliphatic hydroxyl groups is 1. The molecule has 1 saturated heterocycles. The van der Waals surface area contributed by atoms with Gasteiger partial charge in [0.15, 0.2) is 0 Å². The number of β-amino-alcohol motifs (C(OH)–C–C–N with tert-alkyl or cyclic N) is 1. The molecule has 0 aromatic carbocycles. The molecule has 0 amide bonds. The average Bonchev–Trinajstić information content (AvgIpc) is 2.63. The first-order chi connectivity index (χ1) is 6.69. The van der Waals surface area contributed by atoms with E-state index in [4.69, 9.17) is 0 Å². The zero-order valence-electron chi connectivity index (χ0n) is 9.87. The van der Waals surface area contributed by atoms with Gasteiger partial charge in [-0.05, 0) is 31.7 Å². The molecule has 1 aliphatic heterocycles. The Morgan fingerprint density at radius 1 is 1.43 bits per heavy atom. The average molecular weight is 199 g/mol. The van der Waals surface area contributed by atoms with Gasteiger partial charge in [-0.1, -0.05) is 27.2 Å². The molecule has 0 saturated carbocycles. The van der Waals surface area contributed by atoms with Gasteiger partial charge in [0.05, 0.1) is 6.10 Å². The van der Waals surface area contributed by atoms with Gasteiger partial charge in [-0.25, -0.2) is 0 Å². The molecule has 0 bridgehead atoms. The Morgan fingerprint density at radius 3 is 2.71 bits per heavy atom. The molecule has 14 heavy (non-hydrogen) atoms. The predicted molar refractivity (Wildman–Crippen MR) is 60.3 cm³/mol. The van der Waals surface area contributed by atoms with E-state index in [1.54, 1.807) is 0 Å². The Kier molecular flexibility index (Phi) is 4.90. The maximum absolute atomic E-state index is 9.95. The van der Waals surface area contributed by atoms with Crippen LogP contribution in [0.15, 0.2) is 0 Å². The molecular formula is C12H25NO. The lowest BCUT2D eigenvalue weighted by atomic mass is 10.0. The second kappa shape index (κ2) is 5.72. The van der Waals surface area contributed by atoms with Crippen molar-refractivity contribution in [1.29, 1.82) is 0 Å². The number of hydrogen-bond acceptors (Lipinski definition) is 2. The summed E-state index contributed by atoms with van der Waals surface area (Å²) in [6.07, 6.45) is 4.81. The maximum atomic E-state index is 9.95. The van der Waals surface area contributed by atoms with Crippen LogP contribution in [0.3, 0.4) is 0 Å². The lowest BCUT2D eigenvalue weighted by Gasteiger charge is -2.28. The van der Waals surface area contributed by atoms with Crippen molar-refractivity contribution in [3.05, 3.63) is 0 Å². The highest BCUT2D eigenvalue weighted by Gasteiger charge is 2.25. The molecule has 1 fully saturated rings. The topological polar surface area (TPSA) is 23.5 Å². The first-order valence-corrected chi connectivity index (χ1v) is 6.11. The van der Waals surface area contributed by atoms with Crippen molar-refractivity contribution in [3.8, 4) is 0 Å². The normalized spacial score (nSPS) is 27.9. The van der Waals surface area contributed by atoms with Gasteiger partial charge in [0.1, 0.15) is 0 Å². The highest BCUT2D eigenvalue weighted by molar-refractivity contribution is 4.80. The van der Waals surface area contributed by atoms with Crippen LogP contribution in [-0.4, -0.2) is 35.2 Å². The number of nitrogens with zero attached hydrogens (tertiary/aromatic N) is 1. The van der Waals surface area contributed by atoms with Crippen LogP contribution in [-0.2, 0) is 0 Å². The minimum absolute atomic E-state index is 0.132. The molecule has 0 aromatic rings. The van der Waals surface area contributed by atoms with Gasteiger partial charge in [0.2, 0.25) is 0 Å². The van der Waals surface area contributed by atoms with Crippen molar-refractivity contribution in [2.45, 2.75) is 58.6 Å². The van der Waals surface area contributed by atoms with Gasteiger partial charge in [-0.3, -0.25) is 4.90 Å². The summed E-state index contributed by atoms with van der Waals surface area (Å²) in [5.74, 6) is 0.438. The van der Waals surface area contributed by atoms with Crippen LogP contribution in [0.25, 0.3) is 0 Å². The van der Waals surface area contributed by atoms with Crippen LogP contribution in [0, 0.1) is 5.92 Å². The van der Waals surface area contributed by atoms with Gasteiger partial charge < -0.3 is 5.11 Å². The lowest BCUT2D eigenvalue weighted by molar-refractivity contribution is 0.0631. The first kappa shape index (κ1) is 12.0. The molecule has 3 unspecified atom stereocenters. The molecule has 0 spiro atoms. The highest BCUT2D eigenvalue weighted by atomic mass is 16.3. The van der Waals surface area contributed by atoms with Gasteiger partial charge in [-0.15, -0.1) is 0 Å². The molecule has 2 nitrogen and oxygen atoms in total. The summed E-state index contributed by atoms with van der Waals surface area (Å²) >= 11 is 0. The summed E-state index contributed by atoms with van der Waals surface area (Å²) in [5.41, 5.74) is 0. The van der Waals surface area contributed by atoms with Crippen molar-refractivity contribution in [3.63, 3.8) is 0 Å². The number of hydrogen-bond donors (Lipinski definition) is 1. The Hall–Kier alpha value is -0.0800. The number of rotatable bonds is 5. The van der Waals surface area contributed by atoms with E-state index in [1.165, 1.54) is 25.8 Å². The van der Waals surface area contributed by atoms with Gasteiger partial charge in [0.25, 0.3) is 0 Å². The second-order valence-corrected chi connectivity index (χ2v) is 4.65. The van der Waals surface area contributed by atoms with E-state index in [9.17, 15) is 5.11 Å². The van der Waals surface area contributed by atoms with Crippen molar-refractivity contribution in [1.82, 2.24) is 4.90 Å². The van der Waals surface area contributed by atoms with Crippen molar-refractivity contribution in [2.24, 2.45) is 5.92 Å². The third kappa shape index (κ3) is 2.96. The van der Waals surface area contributed by atoms with Crippen molar-refractivity contribution >= 4 is 0 Å². The van der Waals surface area contributed by atoms with Crippen LogP contribution < -0.4 is 0 Å². The minimum atomic E-state index is -0.132. The summed E-state index contributed by atoms with van der Waals surface area (Å²) in [4.78, 5) is 2.47. The monoisotopic (exact) mass is 199 g/mol. The first-order valence-electron chi connectivity index (χ1n) is 6.11. The highest BCUT2D eigenvalue weighted by Crippen LogP contribution is 2.21. The SMILES string of the molecule is CCC(C)C(O)CN1CCCC1CC. The van der Waals surface area contributed by atoms with Crippen LogP contribution in [0.2, 0.25) is 0 Å². The summed E-state index contributed by atoms with van der Waals surface area (Å²) in [6.45, 7) is 8.61. The van der Waals surface area contributed by atoms with Gasteiger partial charge in [-0.2, -0.15) is 0 Å². The summed E-state index contributed by atoms with van der Waals surface area (Å²) in [5, 5.41) is 9.95. The molecule has 3 atom stereocenters. The van der Waals surface area contributed by atoms with E-state index >= 15 is 0 Å². The largest absolute Gasteiger partial charge is 0.392 e. The predicted octanol–water partition coefficient (Wildman–Crippen LogP) is 2.27. The molecule has 2 heteroatoms. The molecule has 1 aliphatic rings. The molecule has 84 valence electrons. The molecule has 1 N–H and O–H groups in total. The fourth-order valence-electron chi connectivity index (χ4n) is 2.29. The van der Waals surface area contributed by atoms with E-state index in [0.29, 0.717) is 5.92 Å². The third-order valence-corrected chi connectivity index (χ3v) is 3.69. The quantitative estimate of drug-likeness (QED) is 0.734. The number of likely N-dealkylation sites (tertiary alicyclic amines) is 1. The fraction of sp³-hybridized carbons (Fsp3) is 1.00. The summed E-state index contributed by atoms with van der Waals surface area (Å²) in [7, 11) is 0. The van der Waals surface area contributed by atoms with Crippen molar-refractivity contribution in [2.75, 3.05) is 13.1 Å². The fourth-order valence-corrected chi connectivity index (χ4v) is 2.29. The zero-order chi connectivity index (χ0) is 10.6. The van der Waals surface area contributed by atoms with Crippen LogP contribution >= 0.6 is 0 Å². The van der Waals surface area contributed by atoms with Crippen LogP contribution in [0.1, 0.15) is 46.5 Å². The third-order valence-electron chi connectivity index (χ3n) is 3.69. The smallest absolute Gasteiger partial charge is 0.0692 e. The standard InChI is InChI=1S/C12H25NO/c1-4-10(3)12(14)9-13-8-6-7-11(13)5-2/h10-12,14H,4-9H2,1-3H3. The summed E-state index contributed by atoms with van der Waals surface area (Å²) < 4.78 is 0. The van der Waals surface area contributed by atoms with E-state index in [0.717, 1.165) is 19.0 Å². The van der Waals surface area contributed by atoms with Gasteiger partial charge in [0, 0.05) is 12.6 Å². The molecular weight excluding hydrogens is 174 g/mol. The lowest BCUT2D eigenvalue weighted by Crippen LogP contribution is -2.38. The van der Waals surface area contributed by atoms with Crippen LogP contribution in [0.5, 0.6) is 0 Å².